The van der Waals surface area contributed by atoms with Gasteiger partial charge in [-0.15, -0.1) is 0 Å². The highest BCUT2D eigenvalue weighted by molar-refractivity contribution is 7.80. The third-order valence-electron chi connectivity index (χ3n) is 1.57. The van der Waals surface area contributed by atoms with Crippen LogP contribution >= 0.6 is 12.2 Å². The van der Waals surface area contributed by atoms with Crippen molar-refractivity contribution >= 4 is 23.2 Å². The second kappa shape index (κ2) is 6.02. The highest BCUT2D eigenvalue weighted by Gasteiger charge is 2.07. The molecular formula is C9H13N3O2S. The minimum Gasteiger partial charge on any atom is -0.459 e. The van der Waals surface area contributed by atoms with Gasteiger partial charge in [0.25, 0.3) is 0 Å². The van der Waals surface area contributed by atoms with Gasteiger partial charge >= 0.3 is 5.91 Å². The van der Waals surface area contributed by atoms with Crippen LogP contribution in [0.1, 0.15) is 23.9 Å². The molecule has 1 aromatic heterocycles. The highest BCUT2D eigenvalue weighted by atomic mass is 32.1. The number of hydrazine groups is 1. The van der Waals surface area contributed by atoms with Crippen LogP contribution in [0, 0.1) is 0 Å². The van der Waals surface area contributed by atoms with Crippen molar-refractivity contribution in [3.8, 4) is 0 Å². The van der Waals surface area contributed by atoms with E-state index >= 15 is 0 Å². The first-order valence-corrected chi connectivity index (χ1v) is 5.02. The third-order valence-corrected chi connectivity index (χ3v) is 1.82. The predicted octanol–water partition coefficient (Wildman–Crippen LogP) is 0.798. The van der Waals surface area contributed by atoms with Gasteiger partial charge in [0.1, 0.15) is 0 Å². The number of hydrogen-bond donors (Lipinski definition) is 3. The number of thiocarbonyl (C=S) groups is 1. The van der Waals surface area contributed by atoms with Gasteiger partial charge in [-0.05, 0) is 30.8 Å². The zero-order valence-corrected chi connectivity index (χ0v) is 9.19. The Morgan fingerprint density at radius 2 is 2.33 bits per heavy atom. The summed E-state index contributed by atoms with van der Waals surface area (Å²) < 4.78 is 4.89. The van der Waals surface area contributed by atoms with E-state index in [4.69, 9.17) is 16.6 Å². The van der Waals surface area contributed by atoms with Gasteiger partial charge in [-0.3, -0.25) is 15.6 Å². The maximum Gasteiger partial charge on any atom is 0.305 e. The van der Waals surface area contributed by atoms with E-state index in [9.17, 15) is 4.79 Å². The van der Waals surface area contributed by atoms with Gasteiger partial charge in [-0.1, -0.05) is 6.92 Å². The van der Waals surface area contributed by atoms with Crippen molar-refractivity contribution in [1.29, 1.82) is 0 Å². The van der Waals surface area contributed by atoms with Crippen molar-refractivity contribution in [3.63, 3.8) is 0 Å². The molecule has 0 saturated carbocycles. The van der Waals surface area contributed by atoms with Gasteiger partial charge < -0.3 is 9.73 Å². The molecule has 0 spiro atoms. The predicted molar refractivity (Wildman–Crippen MR) is 60.2 cm³/mol. The number of rotatable bonds is 3. The molecule has 1 aromatic rings. The molecule has 0 aliphatic carbocycles. The molecule has 6 heteroatoms. The Bertz CT molecular complexity index is 324. The first-order chi connectivity index (χ1) is 7.24. The fourth-order valence-electron chi connectivity index (χ4n) is 0.866. The van der Waals surface area contributed by atoms with Crippen LogP contribution in [0.5, 0.6) is 0 Å². The van der Waals surface area contributed by atoms with Crippen molar-refractivity contribution in [2.75, 3.05) is 6.54 Å². The molecule has 0 saturated heterocycles. The monoisotopic (exact) mass is 227 g/mol. The van der Waals surface area contributed by atoms with Gasteiger partial charge in [0.15, 0.2) is 10.9 Å². The number of carbonyl (C=O) groups is 1. The number of amides is 1. The molecule has 0 radical (unpaired) electrons. The minimum absolute atomic E-state index is 0.237. The topological polar surface area (TPSA) is 66.3 Å². The summed E-state index contributed by atoms with van der Waals surface area (Å²) in [6.07, 6.45) is 2.40. The summed E-state index contributed by atoms with van der Waals surface area (Å²) >= 11 is 4.90. The summed E-state index contributed by atoms with van der Waals surface area (Å²) in [5, 5.41) is 3.29. The lowest BCUT2D eigenvalue weighted by atomic mass is 10.4. The Labute approximate surface area is 93.2 Å². The molecule has 82 valence electrons. The number of nitrogens with one attached hydrogen (secondary N) is 3. The molecule has 0 aliphatic rings. The molecule has 15 heavy (non-hydrogen) atoms. The lowest BCUT2D eigenvalue weighted by molar-refractivity contribution is 0.0916. The number of carbonyl (C=O) groups excluding carboxylic acids is 1. The van der Waals surface area contributed by atoms with Crippen molar-refractivity contribution in [2.24, 2.45) is 0 Å². The van der Waals surface area contributed by atoms with Gasteiger partial charge in [0.05, 0.1) is 6.26 Å². The molecule has 3 N–H and O–H groups in total. The van der Waals surface area contributed by atoms with Crippen LogP contribution in [-0.4, -0.2) is 17.6 Å². The number of hydrogen-bond acceptors (Lipinski definition) is 3. The second-order valence-corrected chi connectivity index (χ2v) is 3.22. The van der Waals surface area contributed by atoms with E-state index in [0.29, 0.717) is 5.11 Å². The molecule has 5 nitrogen and oxygen atoms in total. The lowest BCUT2D eigenvalue weighted by Gasteiger charge is -2.09. The van der Waals surface area contributed by atoms with E-state index in [1.807, 2.05) is 6.92 Å². The highest BCUT2D eigenvalue weighted by Crippen LogP contribution is 1.97. The van der Waals surface area contributed by atoms with Crippen LogP contribution < -0.4 is 16.2 Å². The van der Waals surface area contributed by atoms with E-state index in [2.05, 4.69) is 16.2 Å². The van der Waals surface area contributed by atoms with E-state index in [-0.39, 0.29) is 11.7 Å². The van der Waals surface area contributed by atoms with Crippen LogP contribution in [0.3, 0.4) is 0 Å². The fourth-order valence-corrected chi connectivity index (χ4v) is 1.02. The van der Waals surface area contributed by atoms with Gasteiger partial charge in [-0.25, -0.2) is 0 Å². The molecule has 0 aliphatic heterocycles. The average molecular weight is 227 g/mol. The van der Waals surface area contributed by atoms with E-state index in [0.717, 1.165) is 13.0 Å². The van der Waals surface area contributed by atoms with Crippen LogP contribution in [0.25, 0.3) is 0 Å². The molecule has 1 heterocycles. The Morgan fingerprint density at radius 3 is 2.93 bits per heavy atom. The summed E-state index contributed by atoms with van der Waals surface area (Å²) in [5.74, 6) is -0.124. The quantitative estimate of drug-likeness (QED) is 0.526. The van der Waals surface area contributed by atoms with Crippen LogP contribution in [0.4, 0.5) is 0 Å². The van der Waals surface area contributed by atoms with Gasteiger partial charge in [0, 0.05) is 6.54 Å². The summed E-state index contributed by atoms with van der Waals surface area (Å²) in [4.78, 5) is 11.3. The second-order valence-electron chi connectivity index (χ2n) is 2.81. The number of furan rings is 1. The zero-order chi connectivity index (χ0) is 11.1. The first-order valence-electron chi connectivity index (χ1n) is 4.61. The first kappa shape index (κ1) is 11.5. The van der Waals surface area contributed by atoms with Crippen molar-refractivity contribution in [2.45, 2.75) is 13.3 Å². The van der Waals surface area contributed by atoms with Crippen molar-refractivity contribution in [1.82, 2.24) is 16.2 Å². The molecule has 0 atom stereocenters. The Hall–Kier alpha value is -1.56. The zero-order valence-electron chi connectivity index (χ0n) is 8.37. The maximum atomic E-state index is 11.3. The van der Waals surface area contributed by atoms with E-state index in [1.54, 1.807) is 12.1 Å². The summed E-state index contributed by atoms with van der Waals surface area (Å²) in [5.41, 5.74) is 4.97. The Balaban J connectivity index is 2.25. The van der Waals surface area contributed by atoms with Crippen LogP contribution in [0.15, 0.2) is 22.8 Å². The molecule has 0 aromatic carbocycles. The largest absolute Gasteiger partial charge is 0.459 e. The fraction of sp³-hybridized carbons (Fsp3) is 0.333. The van der Waals surface area contributed by atoms with E-state index < -0.39 is 0 Å². The summed E-state index contributed by atoms with van der Waals surface area (Å²) in [6, 6.07) is 3.21. The van der Waals surface area contributed by atoms with Gasteiger partial charge in [-0.2, -0.15) is 0 Å². The average Bonchev–Trinajstić information content (AvgIpc) is 2.76. The SMILES string of the molecule is CCCNC(=S)NNC(=O)c1ccco1. The molecule has 0 fully saturated rings. The van der Waals surface area contributed by atoms with Crippen LogP contribution in [-0.2, 0) is 0 Å². The van der Waals surface area contributed by atoms with E-state index in [1.165, 1.54) is 6.26 Å². The Kier molecular flexibility index (Phi) is 4.62. The van der Waals surface area contributed by atoms with Crippen LogP contribution in [0.2, 0.25) is 0 Å². The molecule has 0 unspecified atom stereocenters. The summed E-state index contributed by atoms with van der Waals surface area (Å²) in [7, 11) is 0. The standard InChI is InChI=1S/C9H13N3O2S/c1-2-5-10-9(15)12-11-8(13)7-4-3-6-14-7/h3-4,6H,2,5H2,1H3,(H,11,13)(H2,10,12,15). The normalized spacial score (nSPS) is 9.40. The lowest BCUT2D eigenvalue weighted by Crippen LogP contribution is -2.46. The van der Waals surface area contributed by atoms with Crippen molar-refractivity contribution < 1.29 is 9.21 Å². The third kappa shape index (κ3) is 3.99. The molecule has 0 bridgehead atoms. The molecule has 1 amide bonds. The smallest absolute Gasteiger partial charge is 0.305 e. The Morgan fingerprint density at radius 1 is 1.53 bits per heavy atom. The minimum atomic E-state index is -0.361. The molecule has 1 rings (SSSR count). The molecular weight excluding hydrogens is 214 g/mol. The summed E-state index contributed by atoms with van der Waals surface area (Å²) in [6.45, 7) is 2.79. The maximum absolute atomic E-state index is 11.3. The van der Waals surface area contributed by atoms with Gasteiger partial charge in [0.2, 0.25) is 0 Å². The van der Waals surface area contributed by atoms with Crippen molar-refractivity contribution in [3.05, 3.63) is 24.2 Å².